The van der Waals surface area contributed by atoms with Crippen LogP contribution in [0.25, 0.3) is 0 Å². The SMILES string of the molecule is CCOC(=O)c1sc(CN2CCNCC2)nc1C(C)C. The normalized spacial score (nSPS) is 16.6. The van der Waals surface area contributed by atoms with Gasteiger partial charge in [0.2, 0.25) is 0 Å². The lowest BCUT2D eigenvalue weighted by Gasteiger charge is -2.26. The van der Waals surface area contributed by atoms with Crippen molar-refractivity contribution in [1.82, 2.24) is 15.2 Å². The predicted octanol–water partition coefficient (Wildman–Crippen LogP) is 1.85. The van der Waals surface area contributed by atoms with Crippen LogP contribution >= 0.6 is 11.3 Å². The first-order chi connectivity index (χ1) is 9.61. The molecule has 1 fully saturated rings. The summed E-state index contributed by atoms with van der Waals surface area (Å²) in [6, 6.07) is 0. The third kappa shape index (κ3) is 3.77. The fraction of sp³-hybridized carbons (Fsp3) is 0.714. The number of carbonyl (C=O) groups is 1. The van der Waals surface area contributed by atoms with Crippen LogP contribution < -0.4 is 5.32 Å². The largest absolute Gasteiger partial charge is 0.462 e. The van der Waals surface area contributed by atoms with Crippen LogP contribution in [0.3, 0.4) is 0 Å². The number of carbonyl (C=O) groups excluding carboxylic acids is 1. The van der Waals surface area contributed by atoms with E-state index < -0.39 is 0 Å². The molecule has 20 heavy (non-hydrogen) atoms. The van der Waals surface area contributed by atoms with Gasteiger partial charge in [0.25, 0.3) is 0 Å². The van der Waals surface area contributed by atoms with Gasteiger partial charge in [0.15, 0.2) is 0 Å². The van der Waals surface area contributed by atoms with Crippen molar-refractivity contribution in [2.24, 2.45) is 0 Å². The highest BCUT2D eigenvalue weighted by molar-refractivity contribution is 7.13. The van der Waals surface area contributed by atoms with Crippen LogP contribution in [0.1, 0.15) is 47.1 Å². The summed E-state index contributed by atoms with van der Waals surface area (Å²) in [5.74, 6) is 0.00249. The van der Waals surface area contributed by atoms with Crippen LogP contribution in [0.4, 0.5) is 0 Å². The Bertz CT molecular complexity index is 453. The van der Waals surface area contributed by atoms with Crippen molar-refractivity contribution in [2.45, 2.75) is 33.2 Å². The number of thiazole rings is 1. The number of piperazine rings is 1. The molecule has 1 aliphatic rings. The minimum atomic E-state index is -0.236. The molecule has 5 nitrogen and oxygen atoms in total. The van der Waals surface area contributed by atoms with Crippen LogP contribution in [0.15, 0.2) is 0 Å². The van der Waals surface area contributed by atoms with Gasteiger partial charge in [-0.05, 0) is 12.8 Å². The van der Waals surface area contributed by atoms with Crippen molar-refractivity contribution < 1.29 is 9.53 Å². The summed E-state index contributed by atoms with van der Waals surface area (Å²) in [5, 5.41) is 4.35. The minimum absolute atomic E-state index is 0.236. The molecule has 0 bridgehead atoms. The standard InChI is InChI=1S/C14H23N3O2S/c1-4-19-14(18)13-12(10(2)3)16-11(20-13)9-17-7-5-15-6-8-17/h10,15H,4-9H2,1-3H3. The van der Waals surface area contributed by atoms with E-state index in [4.69, 9.17) is 4.74 Å². The van der Waals surface area contributed by atoms with Gasteiger partial charge in [0.05, 0.1) is 18.8 Å². The van der Waals surface area contributed by atoms with Crippen molar-refractivity contribution in [3.8, 4) is 0 Å². The number of ether oxygens (including phenoxy) is 1. The van der Waals surface area contributed by atoms with Crippen molar-refractivity contribution in [3.05, 3.63) is 15.6 Å². The van der Waals surface area contributed by atoms with E-state index in [1.807, 2.05) is 6.92 Å². The van der Waals surface area contributed by atoms with Gasteiger partial charge in [0.1, 0.15) is 9.88 Å². The lowest BCUT2D eigenvalue weighted by atomic mass is 10.1. The van der Waals surface area contributed by atoms with E-state index in [9.17, 15) is 4.79 Å². The minimum Gasteiger partial charge on any atom is -0.462 e. The second-order valence-corrected chi connectivity index (χ2v) is 6.31. The molecule has 0 radical (unpaired) electrons. The average molecular weight is 297 g/mol. The van der Waals surface area contributed by atoms with E-state index in [2.05, 4.69) is 29.0 Å². The van der Waals surface area contributed by atoms with Crippen molar-refractivity contribution >= 4 is 17.3 Å². The van der Waals surface area contributed by atoms with Gasteiger partial charge in [-0.25, -0.2) is 9.78 Å². The number of esters is 1. The topological polar surface area (TPSA) is 54.5 Å². The molecule has 1 aromatic rings. The molecule has 0 spiro atoms. The van der Waals surface area contributed by atoms with Crippen LogP contribution in [0, 0.1) is 0 Å². The average Bonchev–Trinajstić information content (AvgIpc) is 2.84. The third-order valence-electron chi connectivity index (χ3n) is 3.27. The molecule has 2 heterocycles. The zero-order valence-electron chi connectivity index (χ0n) is 12.4. The van der Waals surface area contributed by atoms with Gasteiger partial charge in [0, 0.05) is 26.2 Å². The Morgan fingerprint density at radius 1 is 1.45 bits per heavy atom. The van der Waals surface area contributed by atoms with Gasteiger partial charge < -0.3 is 10.1 Å². The third-order valence-corrected chi connectivity index (χ3v) is 4.31. The van der Waals surface area contributed by atoms with Gasteiger partial charge in [-0.3, -0.25) is 4.90 Å². The predicted molar refractivity (Wildman–Crippen MR) is 80.3 cm³/mol. The Labute approximate surface area is 124 Å². The Balaban J connectivity index is 2.13. The van der Waals surface area contributed by atoms with Gasteiger partial charge >= 0.3 is 5.97 Å². The smallest absolute Gasteiger partial charge is 0.350 e. The zero-order valence-corrected chi connectivity index (χ0v) is 13.3. The number of hydrogen-bond acceptors (Lipinski definition) is 6. The number of hydrogen-bond donors (Lipinski definition) is 1. The summed E-state index contributed by atoms with van der Waals surface area (Å²) >= 11 is 1.48. The summed E-state index contributed by atoms with van der Waals surface area (Å²) in [6.45, 7) is 11.3. The fourth-order valence-corrected chi connectivity index (χ4v) is 3.40. The van der Waals surface area contributed by atoms with E-state index in [1.165, 1.54) is 11.3 Å². The van der Waals surface area contributed by atoms with E-state index >= 15 is 0 Å². The first-order valence-corrected chi connectivity index (χ1v) is 8.03. The van der Waals surface area contributed by atoms with Crippen LogP contribution in [0.2, 0.25) is 0 Å². The van der Waals surface area contributed by atoms with Gasteiger partial charge in [-0.15, -0.1) is 11.3 Å². The van der Waals surface area contributed by atoms with E-state index in [0.717, 1.165) is 43.4 Å². The van der Waals surface area contributed by atoms with E-state index in [0.29, 0.717) is 11.5 Å². The molecule has 6 heteroatoms. The first kappa shape index (κ1) is 15.4. The highest BCUT2D eigenvalue weighted by Crippen LogP contribution is 2.27. The maximum atomic E-state index is 12.0. The molecule has 112 valence electrons. The highest BCUT2D eigenvalue weighted by atomic mass is 32.1. The zero-order chi connectivity index (χ0) is 14.5. The Kier molecular flexibility index (Phi) is 5.51. The summed E-state index contributed by atoms with van der Waals surface area (Å²) in [7, 11) is 0. The van der Waals surface area contributed by atoms with Crippen molar-refractivity contribution in [1.29, 1.82) is 0 Å². The molecule has 1 saturated heterocycles. The summed E-state index contributed by atoms with van der Waals surface area (Å²) in [6.07, 6.45) is 0. The number of nitrogens with zero attached hydrogens (tertiary/aromatic N) is 2. The molecule has 0 saturated carbocycles. The summed E-state index contributed by atoms with van der Waals surface area (Å²) in [5.41, 5.74) is 0.874. The molecule has 0 atom stereocenters. The number of aromatic nitrogens is 1. The monoisotopic (exact) mass is 297 g/mol. The molecule has 1 aromatic heterocycles. The molecule has 0 unspecified atom stereocenters. The lowest BCUT2D eigenvalue weighted by molar-refractivity contribution is 0.0530. The molecule has 0 amide bonds. The highest BCUT2D eigenvalue weighted by Gasteiger charge is 2.22. The van der Waals surface area contributed by atoms with E-state index in [-0.39, 0.29) is 11.9 Å². The van der Waals surface area contributed by atoms with Crippen LogP contribution in [0.5, 0.6) is 0 Å². The lowest BCUT2D eigenvalue weighted by Crippen LogP contribution is -2.42. The molecule has 1 aliphatic heterocycles. The van der Waals surface area contributed by atoms with Gasteiger partial charge in [-0.1, -0.05) is 13.8 Å². The molecule has 1 N–H and O–H groups in total. The summed E-state index contributed by atoms with van der Waals surface area (Å²) < 4.78 is 5.13. The Morgan fingerprint density at radius 2 is 2.15 bits per heavy atom. The summed E-state index contributed by atoms with van der Waals surface area (Å²) in [4.78, 5) is 19.7. The Hall–Kier alpha value is -0.980. The van der Waals surface area contributed by atoms with Crippen LogP contribution in [-0.4, -0.2) is 48.6 Å². The maximum absolute atomic E-state index is 12.0. The first-order valence-electron chi connectivity index (χ1n) is 7.21. The second-order valence-electron chi connectivity index (χ2n) is 5.22. The van der Waals surface area contributed by atoms with Gasteiger partial charge in [-0.2, -0.15) is 0 Å². The van der Waals surface area contributed by atoms with Crippen LogP contribution in [-0.2, 0) is 11.3 Å². The quantitative estimate of drug-likeness (QED) is 0.841. The van der Waals surface area contributed by atoms with Crippen molar-refractivity contribution in [2.75, 3.05) is 32.8 Å². The van der Waals surface area contributed by atoms with Crippen molar-refractivity contribution in [3.63, 3.8) is 0 Å². The number of rotatable bonds is 5. The fourth-order valence-electron chi connectivity index (χ4n) is 2.24. The Morgan fingerprint density at radius 3 is 2.75 bits per heavy atom. The second kappa shape index (κ2) is 7.15. The number of nitrogens with one attached hydrogen (secondary N) is 1. The molecule has 0 aliphatic carbocycles. The van der Waals surface area contributed by atoms with E-state index in [1.54, 1.807) is 0 Å². The molecule has 2 rings (SSSR count). The molecular formula is C14H23N3O2S. The molecule has 0 aromatic carbocycles. The maximum Gasteiger partial charge on any atom is 0.350 e. The molecular weight excluding hydrogens is 274 g/mol.